The fraction of sp³-hybridized carbons (Fsp3) is 0.500. The van der Waals surface area contributed by atoms with E-state index in [1.807, 2.05) is 25.8 Å². The lowest BCUT2D eigenvalue weighted by atomic mass is 10.1. The van der Waals surface area contributed by atoms with Crippen molar-refractivity contribution in [3.8, 4) is 0 Å². The molecular formula is C20H30N6O. The van der Waals surface area contributed by atoms with Crippen LogP contribution in [-0.2, 0) is 24.4 Å². The zero-order chi connectivity index (χ0) is 18.7. The highest BCUT2D eigenvalue weighted by atomic mass is 16.5. The second kappa shape index (κ2) is 10.7. The second-order valence-electron chi connectivity index (χ2n) is 6.66. The van der Waals surface area contributed by atoms with Gasteiger partial charge in [0, 0.05) is 58.7 Å². The lowest BCUT2D eigenvalue weighted by molar-refractivity contribution is 0.0341. The largest absolute Gasteiger partial charge is 0.379 e. The van der Waals surface area contributed by atoms with Crippen molar-refractivity contribution < 1.29 is 4.74 Å². The Morgan fingerprint density at radius 3 is 2.74 bits per heavy atom. The van der Waals surface area contributed by atoms with Crippen LogP contribution in [0.15, 0.2) is 48.0 Å². The van der Waals surface area contributed by atoms with Crippen molar-refractivity contribution in [3.63, 3.8) is 0 Å². The smallest absolute Gasteiger partial charge is 0.191 e. The summed E-state index contributed by atoms with van der Waals surface area (Å²) in [7, 11) is 1.81. The number of rotatable bonds is 8. The molecule has 7 heteroatoms. The SMILES string of the molecule is CN=C(NCCCn1ccnc1)NCc1ccccc1CN1CCOCC1. The number of benzene rings is 1. The predicted molar refractivity (Wildman–Crippen MR) is 108 cm³/mol. The minimum Gasteiger partial charge on any atom is -0.379 e. The van der Waals surface area contributed by atoms with Gasteiger partial charge in [-0.25, -0.2) is 4.98 Å². The average molecular weight is 371 g/mol. The second-order valence-corrected chi connectivity index (χ2v) is 6.66. The van der Waals surface area contributed by atoms with Crippen molar-refractivity contribution in [2.75, 3.05) is 39.9 Å². The van der Waals surface area contributed by atoms with E-state index in [0.717, 1.165) is 64.9 Å². The number of nitrogens with one attached hydrogen (secondary N) is 2. The highest BCUT2D eigenvalue weighted by molar-refractivity contribution is 5.79. The molecule has 0 aliphatic carbocycles. The summed E-state index contributed by atoms with van der Waals surface area (Å²) in [6.07, 6.45) is 6.66. The van der Waals surface area contributed by atoms with Crippen LogP contribution in [0.1, 0.15) is 17.5 Å². The van der Waals surface area contributed by atoms with Gasteiger partial charge in [-0.05, 0) is 17.5 Å². The Kier molecular flexibility index (Phi) is 7.68. The van der Waals surface area contributed by atoms with Gasteiger partial charge in [-0.1, -0.05) is 24.3 Å². The number of hydrogen-bond acceptors (Lipinski definition) is 4. The molecule has 1 aliphatic rings. The molecule has 0 radical (unpaired) electrons. The Bertz CT molecular complexity index is 694. The Balaban J connectivity index is 1.44. The van der Waals surface area contributed by atoms with E-state index in [4.69, 9.17) is 4.74 Å². The minimum absolute atomic E-state index is 0.766. The topological polar surface area (TPSA) is 66.7 Å². The first-order chi connectivity index (χ1) is 13.3. The van der Waals surface area contributed by atoms with Crippen LogP contribution in [0.25, 0.3) is 0 Å². The van der Waals surface area contributed by atoms with Gasteiger partial charge in [0.2, 0.25) is 0 Å². The molecule has 1 aromatic heterocycles. The lowest BCUT2D eigenvalue weighted by Gasteiger charge is -2.27. The number of aromatic nitrogens is 2. The van der Waals surface area contributed by atoms with Gasteiger partial charge in [0.25, 0.3) is 0 Å². The number of aryl methyl sites for hydroxylation is 1. The molecule has 146 valence electrons. The number of ether oxygens (including phenoxy) is 1. The van der Waals surface area contributed by atoms with Crippen LogP contribution >= 0.6 is 0 Å². The number of imidazole rings is 1. The van der Waals surface area contributed by atoms with E-state index in [9.17, 15) is 0 Å². The summed E-state index contributed by atoms with van der Waals surface area (Å²) in [6, 6.07) is 8.62. The molecule has 7 nitrogen and oxygen atoms in total. The van der Waals surface area contributed by atoms with Crippen LogP contribution in [-0.4, -0.2) is 60.3 Å². The highest BCUT2D eigenvalue weighted by Gasteiger charge is 2.12. The molecule has 0 atom stereocenters. The van der Waals surface area contributed by atoms with E-state index in [2.05, 4.69) is 54.3 Å². The fourth-order valence-electron chi connectivity index (χ4n) is 3.17. The Morgan fingerprint density at radius 2 is 2.00 bits per heavy atom. The molecule has 27 heavy (non-hydrogen) atoms. The number of aliphatic imine (C=N–C) groups is 1. The first-order valence-corrected chi connectivity index (χ1v) is 9.62. The maximum Gasteiger partial charge on any atom is 0.191 e. The molecule has 2 N–H and O–H groups in total. The summed E-state index contributed by atoms with van der Waals surface area (Å²) in [5, 5.41) is 6.81. The summed E-state index contributed by atoms with van der Waals surface area (Å²) in [6.45, 7) is 7.22. The van der Waals surface area contributed by atoms with E-state index >= 15 is 0 Å². The van der Waals surface area contributed by atoms with Gasteiger partial charge in [0.15, 0.2) is 5.96 Å². The normalized spacial score (nSPS) is 15.7. The van der Waals surface area contributed by atoms with Crippen molar-refractivity contribution in [2.45, 2.75) is 26.1 Å². The van der Waals surface area contributed by atoms with E-state index in [1.54, 1.807) is 0 Å². The first kappa shape index (κ1) is 19.4. The maximum atomic E-state index is 5.45. The van der Waals surface area contributed by atoms with Crippen molar-refractivity contribution in [1.29, 1.82) is 0 Å². The standard InChI is InChI=1S/C20H30N6O/c1-21-20(23-7-4-9-26-10-8-22-17-26)24-15-18-5-2-3-6-19(18)16-25-11-13-27-14-12-25/h2-3,5-6,8,10,17H,4,7,9,11-16H2,1H3,(H2,21,23,24). The zero-order valence-electron chi connectivity index (χ0n) is 16.1. The first-order valence-electron chi connectivity index (χ1n) is 9.62. The summed E-state index contributed by atoms with van der Waals surface area (Å²) in [5.41, 5.74) is 2.67. The molecule has 0 amide bonds. The van der Waals surface area contributed by atoms with Gasteiger partial charge < -0.3 is 19.9 Å². The van der Waals surface area contributed by atoms with Crippen molar-refractivity contribution in [1.82, 2.24) is 25.1 Å². The maximum absolute atomic E-state index is 5.45. The molecular weight excluding hydrogens is 340 g/mol. The van der Waals surface area contributed by atoms with Crippen LogP contribution in [0, 0.1) is 0 Å². The third kappa shape index (κ3) is 6.37. The zero-order valence-corrected chi connectivity index (χ0v) is 16.1. The molecule has 0 unspecified atom stereocenters. The van der Waals surface area contributed by atoms with Gasteiger partial charge in [-0.3, -0.25) is 9.89 Å². The number of nitrogens with zero attached hydrogens (tertiary/aromatic N) is 4. The molecule has 1 saturated heterocycles. The number of hydrogen-bond donors (Lipinski definition) is 2. The molecule has 1 aliphatic heterocycles. The molecule has 2 aromatic rings. The van der Waals surface area contributed by atoms with Crippen LogP contribution in [0.3, 0.4) is 0 Å². The summed E-state index contributed by atoms with van der Waals surface area (Å²) >= 11 is 0. The predicted octanol–water partition coefficient (Wildman–Crippen LogP) is 1.47. The lowest BCUT2D eigenvalue weighted by Crippen LogP contribution is -2.38. The monoisotopic (exact) mass is 370 g/mol. The van der Waals surface area contributed by atoms with Gasteiger partial charge >= 0.3 is 0 Å². The number of morpholine rings is 1. The molecule has 2 heterocycles. The van der Waals surface area contributed by atoms with E-state index in [0.29, 0.717) is 0 Å². The van der Waals surface area contributed by atoms with Crippen molar-refractivity contribution in [2.24, 2.45) is 4.99 Å². The third-order valence-electron chi connectivity index (χ3n) is 4.73. The Morgan fingerprint density at radius 1 is 1.19 bits per heavy atom. The van der Waals surface area contributed by atoms with Gasteiger partial charge in [-0.15, -0.1) is 0 Å². The molecule has 0 saturated carbocycles. The summed E-state index contributed by atoms with van der Waals surface area (Å²) in [4.78, 5) is 10.8. The highest BCUT2D eigenvalue weighted by Crippen LogP contribution is 2.13. The van der Waals surface area contributed by atoms with Crippen LogP contribution in [0.2, 0.25) is 0 Å². The van der Waals surface area contributed by atoms with Gasteiger partial charge in [0.1, 0.15) is 0 Å². The Hall–Kier alpha value is -2.38. The molecule has 1 aromatic carbocycles. The number of guanidine groups is 1. The average Bonchev–Trinajstić information content (AvgIpc) is 3.23. The van der Waals surface area contributed by atoms with E-state index in [1.165, 1.54) is 11.1 Å². The quantitative estimate of drug-likeness (QED) is 0.418. The van der Waals surface area contributed by atoms with Crippen LogP contribution in [0.4, 0.5) is 0 Å². The molecule has 0 bridgehead atoms. The van der Waals surface area contributed by atoms with Gasteiger partial charge in [-0.2, -0.15) is 0 Å². The van der Waals surface area contributed by atoms with Crippen LogP contribution < -0.4 is 10.6 Å². The van der Waals surface area contributed by atoms with Gasteiger partial charge in [0.05, 0.1) is 19.5 Å². The fourth-order valence-corrected chi connectivity index (χ4v) is 3.17. The molecule has 3 rings (SSSR count). The summed E-state index contributed by atoms with van der Waals surface area (Å²) < 4.78 is 7.53. The van der Waals surface area contributed by atoms with Crippen molar-refractivity contribution in [3.05, 3.63) is 54.1 Å². The Labute approximate surface area is 161 Å². The van der Waals surface area contributed by atoms with Crippen LogP contribution in [0.5, 0.6) is 0 Å². The summed E-state index contributed by atoms with van der Waals surface area (Å²) in [5.74, 6) is 0.835. The third-order valence-corrected chi connectivity index (χ3v) is 4.73. The van der Waals surface area contributed by atoms with Crippen molar-refractivity contribution >= 4 is 5.96 Å². The minimum atomic E-state index is 0.766. The van der Waals surface area contributed by atoms with E-state index < -0.39 is 0 Å². The van der Waals surface area contributed by atoms with E-state index in [-0.39, 0.29) is 0 Å². The molecule has 0 spiro atoms. The molecule has 1 fully saturated rings.